The summed E-state index contributed by atoms with van der Waals surface area (Å²) in [5.41, 5.74) is 9.38. The normalized spacial score (nSPS) is 11.4. The number of aromatic nitrogens is 2. The van der Waals surface area contributed by atoms with E-state index in [9.17, 15) is 4.79 Å². The van der Waals surface area contributed by atoms with E-state index in [4.69, 9.17) is 5.73 Å². The third-order valence-electron chi connectivity index (χ3n) is 2.96. The van der Waals surface area contributed by atoms with Gasteiger partial charge in [0.25, 0.3) is 0 Å². The van der Waals surface area contributed by atoms with Gasteiger partial charge >= 0.3 is 5.97 Å². The van der Waals surface area contributed by atoms with Crippen molar-refractivity contribution in [3.8, 4) is 11.4 Å². The molecular weight excluding hydrogens is 290 g/mol. The molecule has 112 valence electrons. The minimum absolute atomic E-state index is 0. The first-order chi connectivity index (χ1) is 9.60. The molecule has 0 fully saturated rings. The van der Waals surface area contributed by atoms with Crippen LogP contribution in [0.3, 0.4) is 0 Å². The molecular formula is C15H18ClN3O2. The van der Waals surface area contributed by atoms with E-state index in [-0.39, 0.29) is 12.4 Å². The van der Waals surface area contributed by atoms with E-state index >= 15 is 0 Å². The molecule has 0 amide bonds. The summed E-state index contributed by atoms with van der Waals surface area (Å²) in [7, 11) is 1.33. The van der Waals surface area contributed by atoms with Gasteiger partial charge in [-0.05, 0) is 48.7 Å². The molecule has 2 aromatic rings. The molecule has 0 saturated heterocycles. The smallest absolute Gasteiger partial charge is 0.322 e. The molecule has 0 aliphatic carbocycles. The van der Waals surface area contributed by atoms with Gasteiger partial charge in [0, 0.05) is 12.4 Å². The third kappa shape index (κ3) is 4.51. The van der Waals surface area contributed by atoms with Crippen molar-refractivity contribution >= 4 is 18.4 Å². The summed E-state index contributed by atoms with van der Waals surface area (Å²) in [5, 5.41) is 0. The topological polar surface area (TPSA) is 78.1 Å². The predicted octanol–water partition coefficient (Wildman–Crippen LogP) is 1.92. The van der Waals surface area contributed by atoms with Crippen molar-refractivity contribution in [2.45, 2.75) is 19.4 Å². The number of pyridine rings is 2. The number of esters is 1. The summed E-state index contributed by atoms with van der Waals surface area (Å²) in [5.74, 6) is -0.419. The highest BCUT2D eigenvalue weighted by atomic mass is 35.5. The van der Waals surface area contributed by atoms with Crippen LogP contribution in [-0.4, -0.2) is 29.1 Å². The lowest BCUT2D eigenvalue weighted by Crippen LogP contribution is -2.33. The number of nitrogens with zero attached hydrogens (tertiary/aromatic N) is 2. The largest absolute Gasteiger partial charge is 0.468 e. The lowest BCUT2D eigenvalue weighted by atomic mass is 10.1. The molecule has 0 spiro atoms. The van der Waals surface area contributed by atoms with Crippen LogP contribution in [0, 0.1) is 6.92 Å². The van der Waals surface area contributed by atoms with Gasteiger partial charge in [-0.2, -0.15) is 0 Å². The number of halogens is 1. The second-order valence-corrected chi connectivity index (χ2v) is 4.60. The monoisotopic (exact) mass is 307 g/mol. The molecule has 21 heavy (non-hydrogen) atoms. The van der Waals surface area contributed by atoms with Crippen molar-refractivity contribution in [2.75, 3.05) is 7.11 Å². The molecule has 0 bridgehead atoms. The van der Waals surface area contributed by atoms with Crippen LogP contribution < -0.4 is 5.73 Å². The molecule has 0 radical (unpaired) electrons. The first-order valence-corrected chi connectivity index (χ1v) is 6.31. The SMILES string of the molecule is COC(=O)[C@@H](N)Cc1ccnc(-c2cc(C)ccn2)c1.Cl. The summed E-state index contributed by atoms with van der Waals surface area (Å²) in [6, 6.07) is 6.96. The Labute approximate surface area is 130 Å². The van der Waals surface area contributed by atoms with E-state index in [0.29, 0.717) is 6.42 Å². The summed E-state index contributed by atoms with van der Waals surface area (Å²) in [6.07, 6.45) is 3.85. The van der Waals surface area contributed by atoms with Crippen molar-refractivity contribution in [2.24, 2.45) is 5.73 Å². The van der Waals surface area contributed by atoms with Crippen LogP contribution in [0.1, 0.15) is 11.1 Å². The Bertz CT molecular complexity index is 619. The number of ether oxygens (including phenoxy) is 1. The standard InChI is InChI=1S/C15H17N3O2.ClH/c1-10-3-5-17-13(7-10)14-9-11(4-6-18-14)8-12(16)15(19)20-2;/h3-7,9,12H,8,16H2,1-2H3;1H/t12-;/m0./s1. The zero-order valence-corrected chi connectivity index (χ0v) is 12.8. The lowest BCUT2D eigenvalue weighted by molar-refractivity contribution is -0.142. The van der Waals surface area contributed by atoms with Gasteiger partial charge in [0.1, 0.15) is 6.04 Å². The van der Waals surface area contributed by atoms with Gasteiger partial charge in [0.2, 0.25) is 0 Å². The van der Waals surface area contributed by atoms with Gasteiger partial charge in [-0.1, -0.05) is 0 Å². The van der Waals surface area contributed by atoms with Crippen LogP contribution >= 0.6 is 12.4 Å². The number of carbonyl (C=O) groups is 1. The first kappa shape index (κ1) is 17.1. The molecule has 0 unspecified atom stereocenters. The van der Waals surface area contributed by atoms with E-state index < -0.39 is 12.0 Å². The van der Waals surface area contributed by atoms with Gasteiger partial charge in [-0.3, -0.25) is 14.8 Å². The van der Waals surface area contributed by atoms with Gasteiger partial charge in [0.05, 0.1) is 18.5 Å². The average molecular weight is 308 g/mol. The van der Waals surface area contributed by atoms with Gasteiger partial charge < -0.3 is 10.5 Å². The Morgan fingerprint density at radius 3 is 2.48 bits per heavy atom. The van der Waals surface area contributed by atoms with Crippen LogP contribution in [0.2, 0.25) is 0 Å². The Morgan fingerprint density at radius 2 is 1.86 bits per heavy atom. The summed E-state index contributed by atoms with van der Waals surface area (Å²) in [6.45, 7) is 2.00. The highest BCUT2D eigenvalue weighted by Gasteiger charge is 2.14. The van der Waals surface area contributed by atoms with Crippen LogP contribution in [0.4, 0.5) is 0 Å². The van der Waals surface area contributed by atoms with Gasteiger partial charge in [-0.15, -0.1) is 12.4 Å². The zero-order chi connectivity index (χ0) is 14.5. The van der Waals surface area contributed by atoms with E-state index in [1.165, 1.54) is 7.11 Å². The zero-order valence-electron chi connectivity index (χ0n) is 11.9. The fraction of sp³-hybridized carbons (Fsp3) is 0.267. The molecule has 5 nitrogen and oxygen atoms in total. The minimum atomic E-state index is -0.666. The third-order valence-corrected chi connectivity index (χ3v) is 2.96. The molecule has 0 aromatic carbocycles. The maximum atomic E-state index is 11.3. The fourth-order valence-electron chi connectivity index (χ4n) is 1.91. The predicted molar refractivity (Wildman–Crippen MR) is 83.1 cm³/mol. The van der Waals surface area contributed by atoms with Gasteiger partial charge in [-0.25, -0.2) is 0 Å². The van der Waals surface area contributed by atoms with E-state index in [2.05, 4.69) is 14.7 Å². The number of methoxy groups -OCH3 is 1. The van der Waals surface area contributed by atoms with Crippen molar-refractivity contribution in [1.82, 2.24) is 9.97 Å². The van der Waals surface area contributed by atoms with E-state index in [1.54, 1.807) is 12.4 Å². The second-order valence-electron chi connectivity index (χ2n) is 4.60. The summed E-state index contributed by atoms with van der Waals surface area (Å²) in [4.78, 5) is 19.9. The maximum absolute atomic E-state index is 11.3. The molecule has 2 aromatic heterocycles. The second kappa shape index (κ2) is 7.71. The van der Waals surface area contributed by atoms with Crippen molar-refractivity contribution in [3.63, 3.8) is 0 Å². The Hall–Kier alpha value is -1.98. The number of carbonyl (C=O) groups excluding carboxylic acids is 1. The van der Waals surface area contributed by atoms with Crippen LogP contribution in [0.15, 0.2) is 36.7 Å². The Morgan fingerprint density at radius 1 is 1.24 bits per heavy atom. The molecule has 0 aliphatic heterocycles. The summed E-state index contributed by atoms with van der Waals surface area (Å²) < 4.78 is 4.62. The first-order valence-electron chi connectivity index (χ1n) is 6.31. The van der Waals surface area contributed by atoms with Crippen molar-refractivity contribution in [3.05, 3.63) is 47.8 Å². The maximum Gasteiger partial charge on any atom is 0.322 e. The van der Waals surface area contributed by atoms with E-state index in [1.807, 2.05) is 31.2 Å². The van der Waals surface area contributed by atoms with Crippen molar-refractivity contribution < 1.29 is 9.53 Å². The molecule has 1 atom stereocenters. The highest BCUT2D eigenvalue weighted by molar-refractivity contribution is 5.85. The van der Waals surface area contributed by atoms with Crippen LogP contribution in [0.25, 0.3) is 11.4 Å². The van der Waals surface area contributed by atoms with Crippen LogP contribution in [0.5, 0.6) is 0 Å². The van der Waals surface area contributed by atoms with Gasteiger partial charge in [0.15, 0.2) is 0 Å². The number of aryl methyl sites for hydroxylation is 1. The Kier molecular flexibility index (Phi) is 6.27. The average Bonchev–Trinajstić information content (AvgIpc) is 2.46. The quantitative estimate of drug-likeness (QED) is 0.873. The molecule has 0 saturated carbocycles. The molecule has 6 heteroatoms. The van der Waals surface area contributed by atoms with E-state index in [0.717, 1.165) is 22.5 Å². The van der Waals surface area contributed by atoms with Crippen molar-refractivity contribution in [1.29, 1.82) is 0 Å². The Balaban J connectivity index is 0.00000220. The molecule has 2 heterocycles. The molecule has 2 rings (SSSR count). The highest BCUT2D eigenvalue weighted by Crippen LogP contribution is 2.17. The minimum Gasteiger partial charge on any atom is -0.468 e. The number of rotatable bonds is 4. The number of hydrogen-bond donors (Lipinski definition) is 1. The lowest BCUT2D eigenvalue weighted by Gasteiger charge is -2.10. The van der Waals surface area contributed by atoms with Crippen LogP contribution in [-0.2, 0) is 16.0 Å². The molecule has 0 aliphatic rings. The summed E-state index contributed by atoms with van der Waals surface area (Å²) >= 11 is 0. The number of hydrogen-bond acceptors (Lipinski definition) is 5. The fourth-order valence-corrected chi connectivity index (χ4v) is 1.91. The molecule has 2 N–H and O–H groups in total. The number of nitrogens with two attached hydrogens (primary N) is 1.